The minimum atomic E-state index is -1.70. The highest BCUT2D eigenvalue weighted by molar-refractivity contribution is 6.29. The Hall–Kier alpha value is -2.22. The zero-order valence-corrected chi connectivity index (χ0v) is 11.0. The number of alkyl halides is 1. The predicted molar refractivity (Wildman–Crippen MR) is 68.2 cm³/mol. The van der Waals surface area contributed by atoms with Crippen molar-refractivity contribution in [2.75, 3.05) is 0 Å². The Balaban J connectivity index is 2.32. The number of ether oxygens (including phenoxy) is 1. The van der Waals surface area contributed by atoms with Crippen molar-refractivity contribution in [3.05, 3.63) is 33.5 Å². The minimum absolute atomic E-state index is 0.0192. The Bertz CT molecular complexity index is 823. The summed E-state index contributed by atoms with van der Waals surface area (Å²) in [6.45, 7) is 0. The number of aromatic nitrogens is 2. The molecule has 0 amide bonds. The third-order valence-corrected chi connectivity index (χ3v) is 3.38. The summed E-state index contributed by atoms with van der Waals surface area (Å²) < 4.78 is 32.3. The van der Waals surface area contributed by atoms with Gasteiger partial charge in [0.05, 0.1) is 17.6 Å². The first-order valence-electron chi connectivity index (χ1n) is 5.84. The zero-order valence-electron chi connectivity index (χ0n) is 10.2. The molecule has 6 nitrogen and oxygen atoms in total. The molecule has 0 unspecified atom stereocenters. The van der Waals surface area contributed by atoms with Gasteiger partial charge in [0.15, 0.2) is 16.7 Å². The molecular weight excluding hydrogens is 310 g/mol. The highest BCUT2D eigenvalue weighted by Crippen LogP contribution is 2.40. The van der Waals surface area contributed by atoms with E-state index >= 15 is 0 Å². The van der Waals surface area contributed by atoms with Crippen LogP contribution in [0.1, 0.15) is 12.5 Å². The predicted octanol–water partition coefficient (Wildman–Crippen LogP) is 2.53. The zero-order chi connectivity index (χ0) is 15.3. The van der Waals surface area contributed by atoms with E-state index in [1.807, 2.05) is 0 Å². The van der Waals surface area contributed by atoms with Crippen molar-refractivity contribution >= 4 is 28.8 Å². The van der Waals surface area contributed by atoms with Gasteiger partial charge in [-0.15, -0.1) is 0 Å². The summed E-state index contributed by atoms with van der Waals surface area (Å²) in [5.74, 6) is -1.48. The normalized spacial score (nSPS) is 20.5. The van der Waals surface area contributed by atoms with Crippen LogP contribution in [0.5, 0.6) is 5.75 Å². The maximum Gasteiger partial charge on any atom is 0.511 e. The molecule has 3 rings (SSSR count). The largest absolute Gasteiger partial charge is 0.511 e. The number of hydrogen-bond acceptors (Lipinski definition) is 4. The van der Waals surface area contributed by atoms with E-state index in [0.29, 0.717) is 0 Å². The molecular formula is C12H7ClF2N2O4. The molecule has 9 heteroatoms. The smallest absolute Gasteiger partial charge is 0.449 e. The molecule has 110 valence electrons. The van der Waals surface area contributed by atoms with Crippen LogP contribution in [0.2, 0.25) is 5.15 Å². The first-order chi connectivity index (χ1) is 9.88. The van der Waals surface area contributed by atoms with E-state index in [0.717, 1.165) is 12.3 Å². The molecule has 2 aromatic rings. The summed E-state index contributed by atoms with van der Waals surface area (Å²) in [5.41, 5.74) is -0.878. The van der Waals surface area contributed by atoms with Gasteiger partial charge in [0, 0.05) is 6.42 Å². The molecule has 1 N–H and O–H groups in total. The Morgan fingerprint density at radius 1 is 1.57 bits per heavy atom. The molecule has 0 bridgehead atoms. The van der Waals surface area contributed by atoms with Gasteiger partial charge < -0.3 is 14.4 Å². The van der Waals surface area contributed by atoms with E-state index in [4.69, 9.17) is 16.7 Å². The van der Waals surface area contributed by atoms with E-state index < -0.39 is 40.5 Å². The van der Waals surface area contributed by atoms with Crippen LogP contribution in [0.25, 0.3) is 11.0 Å². The van der Waals surface area contributed by atoms with E-state index in [9.17, 15) is 18.4 Å². The molecule has 2 heterocycles. The van der Waals surface area contributed by atoms with E-state index in [-0.39, 0.29) is 17.5 Å². The maximum atomic E-state index is 13.5. The number of halogens is 3. The van der Waals surface area contributed by atoms with Crippen LogP contribution in [0.4, 0.5) is 13.6 Å². The Labute approximate surface area is 120 Å². The molecule has 0 saturated heterocycles. The highest BCUT2D eigenvalue weighted by Gasteiger charge is 2.40. The van der Waals surface area contributed by atoms with Crippen LogP contribution < -0.4 is 10.2 Å². The van der Waals surface area contributed by atoms with Crippen molar-refractivity contribution in [2.24, 2.45) is 0 Å². The molecule has 0 spiro atoms. The molecule has 1 aliphatic rings. The van der Waals surface area contributed by atoms with Gasteiger partial charge in [-0.2, -0.15) is 0 Å². The summed E-state index contributed by atoms with van der Waals surface area (Å²) in [6, 6.07) is 0.215. The summed E-state index contributed by atoms with van der Waals surface area (Å²) in [5, 5.41) is 7.92. The van der Waals surface area contributed by atoms with Crippen LogP contribution >= 0.6 is 11.6 Å². The fourth-order valence-corrected chi connectivity index (χ4v) is 2.19. The fourth-order valence-electron chi connectivity index (χ4n) is 2.06. The lowest BCUT2D eigenvalue weighted by atomic mass is 10.2. The number of fused-ring (bicyclic) bond motifs is 1. The molecule has 1 saturated carbocycles. The number of pyridine rings is 2. The highest BCUT2D eigenvalue weighted by atomic mass is 35.5. The topological polar surface area (TPSA) is 81.4 Å². The average molecular weight is 317 g/mol. The average Bonchev–Trinajstić information content (AvgIpc) is 3.12. The van der Waals surface area contributed by atoms with Gasteiger partial charge in [-0.25, -0.2) is 18.6 Å². The lowest BCUT2D eigenvalue weighted by molar-refractivity contribution is 0.143. The fraction of sp³-hybridized carbons (Fsp3) is 0.250. The third kappa shape index (κ3) is 2.31. The molecule has 1 fully saturated rings. The van der Waals surface area contributed by atoms with E-state index in [1.54, 1.807) is 0 Å². The molecule has 0 aliphatic heterocycles. The standard InChI is InChI=1S/C12H7ClF2N2O4/c13-10-6(15)1-4-9(18)8(21-12(19)20)3-17(11(4)16-10)7-2-5(7)14/h1,3,5,7H,2H2,(H,19,20)/t5-,7-/m1/s1. The van der Waals surface area contributed by atoms with Gasteiger partial charge in [-0.3, -0.25) is 4.79 Å². The Morgan fingerprint density at radius 3 is 2.81 bits per heavy atom. The second kappa shape index (κ2) is 4.66. The van der Waals surface area contributed by atoms with Crippen molar-refractivity contribution in [2.45, 2.75) is 18.6 Å². The first-order valence-corrected chi connectivity index (χ1v) is 6.22. The summed E-state index contributed by atoms with van der Waals surface area (Å²) in [4.78, 5) is 26.4. The van der Waals surface area contributed by atoms with Gasteiger partial charge in [0.25, 0.3) is 0 Å². The summed E-state index contributed by atoms with van der Waals surface area (Å²) in [6.07, 6.45) is -1.63. The molecule has 2 atom stereocenters. The van der Waals surface area contributed by atoms with Gasteiger partial charge in [0.2, 0.25) is 5.43 Å². The second-order valence-electron chi connectivity index (χ2n) is 4.55. The van der Waals surface area contributed by atoms with E-state index in [2.05, 4.69) is 9.72 Å². The van der Waals surface area contributed by atoms with Gasteiger partial charge in [0.1, 0.15) is 11.8 Å². The second-order valence-corrected chi connectivity index (χ2v) is 4.91. The third-order valence-electron chi connectivity index (χ3n) is 3.12. The number of carbonyl (C=O) groups is 1. The monoisotopic (exact) mass is 316 g/mol. The Kier molecular flexibility index (Phi) is 3.05. The van der Waals surface area contributed by atoms with Crippen LogP contribution in [0, 0.1) is 5.82 Å². The van der Waals surface area contributed by atoms with Crippen LogP contribution in [-0.4, -0.2) is 27.0 Å². The number of hydrogen-bond donors (Lipinski definition) is 1. The maximum absolute atomic E-state index is 13.5. The molecule has 0 radical (unpaired) electrons. The van der Waals surface area contributed by atoms with Crippen molar-refractivity contribution in [1.82, 2.24) is 9.55 Å². The first kappa shape index (κ1) is 13.7. The number of carboxylic acid groups (broad SMARTS) is 1. The Morgan fingerprint density at radius 2 is 2.24 bits per heavy atom. The number of rotatable bonds is 2. The van der Waals surface area contributed by atoms with Gasteiger partial charge in [-0.05, 0) is 6.07 Å². The van der Waals surface area contributed by atoms with Crippen molar-refractivity contribution in [1.29, 1.82) is 0 Å². The van der Waals surface area contributed by atoms with Gasteiger partial charge >= 0.3 is 6.16 Å². The van der Waals surface area contributed by atoms with Crippen molar-refractivity contribution in [3.63, 3.8) is 0 Å². The molecule has 2 aromatic heterocycles. The number of nitrogens with zero attached hydrogens (tertiary/aromatic N) is 2. The molecule has 21 heavy (non-hydrogen) atoms. The SMILES string of the molecule is O=C(O)Oc1cn([C@@H]2C[C@H]2F)c2nc(Cl)c(F)cc2c1=O. The molecule has 0 aromatic carbocycles. The minimum Gasteiger partial charge on any atom is -0.449 e. The van der Waals surface area contributed by atoms with Crippen LogP contribution in [-0.2, 0) is 0 Å². The van der Waals surface area contributed by atoms with Crippen molar-refractivity contribution in [3.8, 4) is 5.75 Å². The van der Waals surface area contributed by atoms with Crippen LogP contribution in [0.3, 0.4) is 0 Å². The summed E-state index contributed by atoms with van der Waals surface area (Å²) in [7, 11) is 0. The molecule has 1 aliphatic carbocycles. The summed E-state index contributed by atoms with van der Waals surface area (Å²) >= 11 is 5.58. The quantitative estimate of drug-likeness (QED) is 0.680. The lowest BCUT2D eigenvalue weighted by Gasteiger charge is -2.11. The van der Waals surface area contributed by atoms with Crippen molar-refractivity contribution < 1.29 is 23.4 Å². The van der Waals surface area contributed by atoms with E-state index in [1.165, 1.54) is 4.57 Å². The lowest BCUT2D eigenvalue weighted by Crippen LogP contribution is -2.17. The van der Waals surface area contributed by atoms with Gasteiger partial charge in [-0.1, -0.05) is 11.6 Å². The van der Waals surface area contributed by atoms with Crippen LogP contribution in [0.15, 0.2) is 17.1 Å².